The molecule has 0 radical (unpaired) electrons. The van der Waals surface area contributed by atoms with Crippen LogP contribution in [0.3, 0.4) is 0 Å². The molecular weight excluding hydrogens is 259 g/mol. The molecule has 0 aliphatic rings. The maximum atomic E-state index is 12.2. The van der Waals surface area contributed by atoms with E-state index in [1.54, 1.807) is 12.1 Å². The molecule has 0 aliphatic carbocycles. The minimum Gasteiger partial charge on any atom is -0.387 e. The average Bonchev–Trinajstić information content (AvgIpc) is 2.28. The molecule has 2 atom stereocenters. The topological polar surface area (TPSA) is 43.7 Å². The van der Waals surface area contributed by atoms with Gasteiger partial charge in [-0.05, 0) is 19.5 Å². The van der Waals surface area contributed by atoms with Crippen molar-refractivity contribution in [1.82, 2.24) is 4.90 Å². The van der Waals surface area contributed by atoms with Crippen molar-refractivity contribution >= 4 is 0 Å². The van der Waals surface area contributed by atoms with Crippen LogP contribution in [0.5, 0.6) is 0 Å². The summed E-state index contributed by atoms with van der Waals surface area (Å²) in [6.45, 7) is 1.37. The van der Waals surface area contributed by atoms with Gasteiger partial charge in [0.25, 0.3) is 0 Å². The number of aliphatic hydroxyl groups is 2. The largest absolute Gasteiger partial charge is 0.415 e. The number of alkyl halides is 3. The molecule has 0 spiro atoms. The Bertz CT molecular complexity index is 392. The molecule has 0 saturated carbocycles. The fourth-order valence-corrected chi connectivity index (χ4v) is 1.66. The van der Waals surface area contributed by atoms with Gasteiger partial charge in [0.2, 0.25) is 0 Å². The van der Waals surface area contributed by atoms with E-state index in [9.17, 15) is 18.3 Å². The Balaban J connectivity index is 2.52. The second kappa shape index (κ2) is 6.36. The molecule has 3 nitrogen and oxygen atoms in total. The number of rotatable bonds is 5. The summed E-state index contributed by atoms with van der Waals surface area (Å²) in [4.78, 5) is 1.25. The van der Waals surface area contributed by atoms with Crippen LogP contribution >= 0.6 is 0 Å². The Kier molecular flexibility index (Phi) is 5.34. The number of aryl methyl sites for hydroxylation is 1. The number of likely N-dealkylation sites (N-methyl/N-ethyl adjacent to an activating group) is 1. The highest BCUT2D eigenvalue weighted by Gasteiger charge is 2.38. The maximum absolute atomic E-state index is 12.2. The van der Waals surface area contributed by atoms with Crippen LogP contribution in [0.25, 0.3) is 0 Å². The van der Waals surface area contributed by atoms with E-state index in [0.717, 1.165) is 5.56 Å². The summed E-state index contributed by atoms with van der Waals surface area (Å²) < 4.78 is 36.5. The minimum atomic E-state index is -4.64. The molecule has 0 saturated heterocycles. The summed E-state index contributed by atoms with van der Waals surface area (Å²) in [5.41, 5.74) is 1.68. The second-order valence-corrected chi connectivity index (χ2v) is 4.71. The van der Waals surface area contributed by atoms with Crippen LogP contribution in [0.4, 0.5) is 13.2 Å². The van der Waals surface area contributed by atoms with Crippen LogP contribution in [0.15, 0.2) is 24.3 Å². The number of halogens is 3. The quantitative estimate of drug-likeness (QED) is 0.863. The highest BCUT2D eigenvalue weighted by molar-refractivity contribution is 5.23. The Morgan fingerprint density at radius 3 is 2.11 bits per heavy atom. The van der Waals surface area contributed by atoms with E-state index in [2.05, 4.69) is 0 Å². The monoisotopic (exact) mass is 277 g/mol. The SMILES string of the molecule is Cc1ccc(C(O)CN(C)CC(O)C(F)(F)F)cc1. The van der Waals surface area contributed by atoms with Crippen molar-refractivity contribution in [2.45, 2.75) is 25.3 Å². The molecule has 2 N–H and O–H groups in total. The number of aliphatic hydroxyl groups excluding tert-OH is 2. The lowest BCUT2D eigenvalue weighted by molar-refractivity contribution is -0.207. The van der Waals surface area contributed by atoms with Crippen molar-refractivity contribution in [2.24, 2.45) is 0 Å². The van der Waals surface area contributed by atoms with Crippen LogP contribution in [0, 0.1) is 6.92 Å². The zero-order valence-corrected chi connectivity index (χ0v) is 10.9. The molecule has 1 aromatic rings. The molecule has 0 amide bonds. The molecule has 0 bridgehead atoms. The molecule has 108 valence electrons. The molecule has 0 heterocycles. The Hall–Kier alpha value is -1.11. The summed E-state index contributed by atoms with van der Waals surface area (Å²) in [5, 5.41) is 18.8. The smallest absolute Gasteiger partial charge is 0.387 e. The van der Waals surface area contributed by atoms with Crippen molar-refractivity contribution in [3.63, 3.8) is 0 Å². The van der Waals surface area contributed by atoms with Crippen LogP contribution in [-0.4, -0.2) is 47.5 Å². The van der Waals surface area contributed by atoms with Gasteiger partial charge >= 0.3 is 6.18 Å². The third-order valence-corrected chi connectivity index (χ3v) is 2.81. The predicted molar refractivity (Wildman–Crippen MR) is 65.7 cm³/mol. The lowest BCUT2D eigenvalue weighted by atomic mass is 10.1. The van der Waals surface area contributed by atoms with Crippen LogP contribution in [0.2, 0.25) is 0 Å². The highest BCUT2D eigenvalue weighted by atomic mass is 19.4. The summed E-state index contributed by atoms with van der Waals surface area (Å²) >= 11 is 0. The van der Waals surface area contributed by atoms with Gasteiger partial charge in [0, 0.05) is 13.1 Å². The van der Waals surface area contributed by atoms with Crippen LogP contribution in [-0.2, 0) is 0 Å². The van der Waals surface area contributed by atoms with Gasteiger partial charge in [-0.2, -0.15) is 13.2 Å². The third kappa shape index (κ3) is 5.18. The molecular formula is C13H18F3NO2. The van der Waals surface area contributed by atoms with Gasteiger partial charge in [-0.25, -0.2) is 0 Å². The second-order valence-electron chi connectivity index (χ2n) is 4.71. The predicted octanol–water partition coefficient (Wildman–Crippen LogP) is 1.88. The Morgan fingerprint density at radius 2 is 1.63 bits per heavy atom. The molecule has 1 rings (SSSR count). The highest BCUT2D eigenvalue weighted by Crippen LogP contribution is 2.21. The van der Waals surface area contributed by atoms with Gasteiger partial charge in [-0.3, -0.25) is 0 Å². The summed E-state index contributed by atoms with van der Waals surface area (Å²) in [6, 6.07) is 7.11. The van der Waals surface area contributed by atoms with E-state index in [1.807, 2.05) is 19.1 Å². The van der Waals surface area contributed by atoms with E-state index in [0.29, 0.717) is 5.56 Å². The first-order valence-electron chi connectivity index (χ1n) is 5.88. The van der Waals surface area contributed by atoms with E-state index in [1.165, 1.54) is 11.9 Å². The normalized spacial score (nSPS) is 15.6. The fraction of sp³-hybridized carbons (Fsp3) is 0.538. The minimum absolute atomic E-state index is 0.0240. The Labute approximate surface area is 110 Å². The summed E-state index contributed by atoms with van der Waals surface area (Å²) in [6.07, 6.45) is -7.92. The number of benzene rings is 1. The van der Waals surface area contributed by atoms with E-state index in [-0.39, 0.29) is 6.54 Å². The molecule has 0 aromatic heterocycles. The lowest BCUT2D eigenvalue weighted by Gasteiger charge is -2.24. The van der Waals surface area contributed by atoms with E-state index in [4.69, 9.17) is 5.11 Å². The first kappa shape index (κ1) is 15.9. The molecule has 2 unspecified atom stereocenters. The summed E-state index contributed by atoms with van der Waals surface area (Å²) in [7, 11) is 1.42. The van der Waals surface area contributed by atoms with E-state index >= 15 is 0 Å². The van der Waals surface area contributed by atoms with Crippen LogP contribution in [0.1, 0.15) is 17.2 Å². The zero-order valence-electron chi connectivity index (χ0n) is 10.9. The third-order valence-electron chi connectivity index (χ3n) is 2.81. The standard InChI is InChI=1S/C13H18F3NO2/c1-9-3-5-10(6-4-9)11(18)7-17(2)8-12(19)13(14,15)16/h3-6,11-12,18-19H,7-8H2,1-2H3. The molecule has 19 heavy (non-hydrogen) atoms. The first-order valence-corrected chi connectivity index (χ1v) is 5.88. The maximum Gasteiger partial charge on any atom is 0.415 e. The number of hydrogen-bond acceptors (Lipinski definition) is 3. The van der Waals surface area contributed by atoms with Crippen molar-refractivity contribution in [2.75, 3.05) is 20.1 Å². The molecule has 6 heteroatoms. The van der Waals surface area contributed by atoms with Gasteiger partial charge in [0.15, 0.2) is 6.10 Å². The van der Waals surface area contributed by atoms with Gasteiger partial charge < -0.3 is 15.1 Å². The van der Waals surface area contributed by atoms with Gasteiger partial charge in [-0.15, -0.1) is 0 Å². The average molecular weight is 277 g/mol. The van der Waals surface area contributed by atoms with Crippen molar-refractivity contribution in [1.29, 1.82) is 0 Å². The fourth-order valence-electron chi connectivity index (χ4n) is 1.66. The van der Waals surface area contributed by atoms with Crippen molar-refractivity contribution in [3.8, 4) is 0 Å². The molecule has 1 aromatic carbocycles. The van der Waals surface area contributed by atoms with E-state index < -0.39 is 24.9 Å². The lowest BCUT2D eigenvalue weighted by Crippen LogP contribution is -2.40. The van der Waals surface area contributed by atoms with Gasteiger partial charge in [0.05, 0.1) is 6.10 Å². The zero-order chi connectivity index (χ0) is 14.6. The van der Waals surface area contributed by atoms with Gasteiger partial charge in [-0.1, -0.05) is 29.8 Å². The van der Waals surface area contributed by atoms with Crippen molar-refractivity contribution in [3.05, 3.63) is 35.4 Å². The molecule has 0 fully saturated rings. The first-order chi connectivity index (χ1) is 8.70. The molecule has 0 aliphatic heterocycles. The van der Waals surface area contributed by atoms with Crippen LogP contribution < -0.4 is 0 Å². The summed E-state index contributed by atoms with van der Waals surface area (Å²) in [5.74, 6) is 0. The Morgan fingerprint density at radius 1 is 1.11 bits per heavy atom. The number of nitrogens with zero attached hydrogens (tertiary/aromatic N) is 1. The van der Waals surface area contributed by atoms with Crippen molar-refractivity contribution < 1.29 is 23.4 Å². The number of hydrogen-bond donors (Lipinski definition) is 2. The van der Waals surface area contributed by atoms with Gasteiger partial charge in [0.1, 0.15) is 0 Å².